The van der Waals surface area contributed by atoms with Crippen molar-refractivity contribution in [1.82, 2.24) is 0 Å². The first-order chi connectivity index (χ1) is 12.8. The summed E-state index contributed by atoms with van der Waals surface area (Å²) in [6.45, 7) is 13.2. The predicted molar refractivity (Wildman–Crippen MR) is 112 cm³/mol. The SMILES string of the molecule is CCCOC1(C(=O)Nc2cc(C)c(OC(C)CC)c(C)c2)CCCC(C)C1. The molecule has 1 N–H and O–H groups in total. The third kappa shape index (κ3) is 5.47. The van der Waals surface area contributed by atoms with Crippen molar-refractivity contribution in [2.24, 2.45) is 5.92 Å². The van der Waals surface area contributed by atoms with Crippen molar-refractivity contribution in [3.8, 4) is 5.75 Å². The Bertz CT molecular complexity index is 620. The van der Waals surface area contributed by atoms with Gasteiger partial charge < -0.3 is 14.8 Å². The van der Waals surface area contributed by atoms with Gasteiger partial charge in [0.15, 0.2) is 0 Å². The molecule has 4 nitrogen and oxygen atoms in total. The minimum absolute atomic E-state index is 0.00288. The van der Waals surface area contributed by atoms with Gasteiger partial charge in [0.05, 0.1) is 6.10 Å². The first-order valence-electron chi connectivity index (χ1n) is 10.5. The van der Waals surface area contributed by atoms with E-state index in [-0.39, 0.29) is 12.0 Å². The summed E-state index contributed by atoms with van der Waals surface area (Å²) < 4.78 is 12.2. The van der Waals surface area contributed by atoms with Crippen LogP contribution in [-0.2, 0) is 9.53 Å². The third-order valence-electron chi connectivity index (χ3n) is 5.56. The van der Waals surface area contributed by atoms with Gasteiger partial charge in [-0.25, -0.2) is 0 Å². The smallest absolute Gasteiger partial charge is 0.256 e. The largest absolute Gasteiger partial charge is 0.490 e. The van der Waals surface area contributed by atoms with Crippen LogP contribution in [0.1, 0.15) is 77.3 Å². The van der Waals surface area contributed by atoms with Crippen molar-refractivity contribution >= 4 is 11.6 Å². The Kier molecular flexibility index (Phi) is 7.72. The highest BCUT2D eigenvalue weighted by Crippen LogP contribution is 2.37. The standard InChI is InChI=1S/C23H37NO3/c1-7-12-26-23(11-9-10-16(3)15-23)22(25)24-20-13-17(4)21(18(5)14-20)27-19(6)8-2/h13-14,16,19H,7-12,15H2,1-6H3,(H,24,25). The second-order valence-electron chi connectivity index (χ2n) is 8.27. The zero-order valence-electron chi connectivity index (χ0n) is 18.0. The highest BCUT2D eigenvalue weighted by Gasteiger charge is 2.42. The number of benzene rings is 1. The molecular formula is C23H37NO3. The minimum atomic E-state index is -0.693. The molecule has 3 unspecified atom stereocenters. The highest BCUT2D eigenvalue weighted by molar-refractivity contribution is 5.97. The van der Waals surface area contributed by atoms with Crippen LogP contribution in [0.15, 0.2) is 12.1 Å². The molecule has 1 saturated carbocycles. The molecule has 3 atom stereocenters. The molecule has 0 spiro atoms. The Morgan fingerprint density at radius 2 is 1.96 bits per heavy atom. The van der Waals surface area contributed by atoms with Gasteiger partial charge in [0.2, 0.25) is 0 Å². The minimum Gasteiger partial charge on any atom is -0.490 e. The number of anilines is 1. The van der Waals surface area contributed by atoms with E-state index in [1.54, 1.807) is 0 Å². The fraction of sp³-hybridized carbons (Fsp3) is 0.696. The molecule has 1 aromatic carbocycles. The molecule has 0 bridgehead atoms. The van der Waals surface area contributed by atoms with Gasteiger partial charge >= 0.3 is 0 Å². The van der Waals surface area contributed by atoms with E-state index in [2.05, 4.69) is 33.0 Å². The maximum Gasteiger partial charge on any atom is 0.256 e. The van der Waals surface area contributed by atoms with Crippen LogP contribution >= 0.6 is 0 Å². The Morgan fingerprint density at radius 1 is 1.30 bits per heavy atom. The van der Waals surface area contributed by atoms with E-state index in [4.69, 9.17) is 9.47 Å². The van der Waals surface area contributed by atoms with Crippen LogP contribution < -0.4 is 10.1 Å². The van der Waals surface area contributed by atoms with Gasteiger partial charge in [0, 0.05) is 12.3 Å². The van der Waals surface area contributed by atoms with Crippen LogP contribution in [0.4, 0.5) is 5.69 Å². The van der Waals surface area contributed by atoms with Crippen molar-refractivity contribution in [2.75, 3.05) is 11.9 Å². The lowest BCUT2D eigenvalue weighted by atomic mass is 9.78. The summed E-state index contributed by atoms with van der Waals surface area (Å²) in [5.74, 6) is 1.43. The van der Waals surface area contributed by atoms with Gasteiger partial charge in [-0.2, -0.15) is 0 Å². The van der Waals surface area contributed by atoms with Crippen LogP contribution in [0.5, 0.6) is 5.75 Å². The lowest BCUT2D eigenvalue weighted by molar-refractivity contribution is -0.148. The molecule has 1 aliphatic carbocycles. The first kappa shape index (κ1) is 21.7. The van der Waals surface area contributed by atoms with E-state index < -0.39 is 5.60 Å². The molecular weight excluding hydrogens is 338 g/mol. The average Bonchev–Trinajstić information content (AvgIpc) is 2.62. The fourth-order valence-corrected chi connectivity index (χ4v) is 3.94. The predicted octanol–water partition coefficient (Wildman–Crippen LogP) is 5.79. The van der Waals surface area contributed by atoms with E-state index in [9.17, 15) is 4.79 Å². The van der Waals surface area contributed by atoms with Crippen molar-refractivity contribution in [2.45, 2.75) is 91.8 Å². The number of aryl methyl sites for hydroxylation is 2. The van der Waals surface area contributed by atoms with Crippen LogP contribution in [0.3, 0.4) is 0 Å². The first-order valence-corrected chi connectivity index (χ1v) is 10.5. The number of hydrogen-bond acceptors (Lipinski definition) is 3. The van der Waals surface area contributed by atoms with Crippen molar-refractivity contribution < 1.29 is 14.3 Å². The zero-order chi connectivity index (χ0) is 20.0. The van der Waals surface area contributed by atoms with E-state index in [1.165, 1.54) is 6.42 Å². The van der Waals surface area contributed by atoms with E-state index >= 15 is 0 Å². The molecule has 1 fully saturated rings. The fourth-order valence-electron chi connectivity index (χ4n) is 3.94. The third-order valence-corrected chi connectivity index (χ3v) is 5.56. The summed E-state index contributed by atoms with van der Waals surface area (Å²) in [4.78, 5) is 13.2. The van der Waals surface area contributed by atoms with Gasteiger partial charge in [0.25, 0.3) is 5.91 Å². The van der Waals surface area contributed by atoms with Gasteiger partial charge in [0.1, 0.15) is 11.4 Å². The summed E-state index contributed by atoms with van der Waals surface area (Å²) >= 11 is 0. The zero-order valence-corrected chi connectivity index (χ0v) is 18.0. The number of amides is 1. The number of ether oxygens (including phenoxy) is 2. The maximum absolute atomic E-state index is 13.2. The number of carbonyl (C=O) groups excluding carboxylic acids is 1. The van der Waals surface area contributed by atoms with Gasteiger partial charge in [-0.1, -0.05) is 27.2 Å². The second kappa shape index (κ2) is 9.59. The van der Waals surface area contributed by atoms with Crippen molar-refractivity contribution in [1.29, 1.82) is 0 Å². The number of rotatable bonds is 8. The van der Waals surface area contributed by atoms with Crippen LogP contribution in [0.2, 0.25) is 0 Å². The Balaban J connectivity index is 2.19. The molecule has 0 aromatic heterocycles. The lowest BCUT2D eigenvalue weighted by Gasteiger charge is -2.38. The van der Waals surface area contributed by atoms with E-state index in [0.29, 0.717) is 12.5 Å². The summed E-state index contributed by atoms with van der Waals surface area (Å²) in [6.07, 6.45) is 5.87. The normalized spacial score (nSPS) is 23.7. The van der Waals surface area contributed by atoms with Crippen molar-refractivity contribution in [3.63, 3.8) is 0 Å². The quantitative estimate of drug-likeness (QED) is 0.625. The molecule has 1 aromatic rings. The lowest BCUT2D eigenvalue weighted by Crippen LogP contribution is -2.48. The Hall–Kier alpha value is -1.55. The maximum atomic E-state index is 13.2. The van der Waals surface area contributed by atoms with Gasteiger partial charge in [-0.15, -0.1) is 0 Å². The Labute approximate surface area is 165 Å². The molecule has 1 amide bonds. The molecule has 1 aliphatic rings. The molecule has 27 heavy (non-hydrogen) atoms. The van der Waals surface area contributed by atoms with E-state index in [0.717, 1.165) is 54.7 Å². The molecule has 0 aliphatic heterocycles. The average molecular weight is 376 g/mol. The van der Waals surface area contributed by atoms with Crippen molar-refractivity contribution in [3.05, 3.63) is 23.3 Å². The van der Waals surface area contributed by atoms with Crippen LogP contribution in [-0.4, -0.2) is 24.2 Å². The molecule has 0 heterocycles. The molecule has 0 saturated heterocycles. The van der Waals surface area contributed by atoms with Crippen LogP contribution in [0.25, 0.3) is 0 Å². The monoisotopic (exact) mass is 375 g/mol. The van der Waals surface area contributed by atoms with Crippen LogP contribution in [0, 0.1) is 19.8 Å². The summed E-state index contributed by atoms with van der Waals surface area (Å²) in [6, 6.07) is 4.00. The van der Waals surface area contributed by atoms with Gasteiger partial charge in [-0.3, -0.25) is 4.79 Å². The van der Waals surface area contributed by atoms with E-state index in [1.807, 2.05) is 26.0 Å². The molecule has 0 radical (unpaired) electrons. The topological polar surface area (TPSA) is 47.6 Å². The Morgan fingerprint density at radius 3 is 2.52 bits per heavy atom. The number of carbonyl (C=O) groups is 1. The summed E-state index contributed by atoms with van der Waals surface area (Å²) in [7, 11) is 0. The van der Waals surface area contributed by atoms with Gasteiger partial charge in [-0.05, 0) is 82.1 Å². The summed E-state index contributed by atoms with van der Waals surface area (Å²) in [5, 5.41) is 3.14. The molecule has 4 heteroatoms. The summed E-state index contributed by atoms with van der Waals surface area (Å²) in [5.41, 5.74) is 2.22. The highest BCUT2D eigenvalue weighted by atomic mass is 16.5. The molecule has 152 valence electrons. The second-order valence-corrected chi connectivity index (χ2v) is 8.27. The molecule has 2 rings (SSSR count). The number of hydrogen-bond donors (Lipinski definition) is 1. The number of nitrogens with one attached hydrogen (secondary N) is 1.